The van der Waals surface area contributed by atoms with E-state index in [1.807, 2.05) is 19.1 Å². The van der Waals surface area contributed by atoms with Gasteiger partial charge in [-0.2, -0.15) is 0 Å². The third-order valence-corrected chi connectivity index (χ3v) is 4.75. The van der Waals surface area contributed by atoms with Crippen molar-refractivity contribution in [2.45, 2.75) is 38.8 Å². The van der Waals surface area contributed by atoms with Crippen molar-refractivity contribution in [1.29, 1.82) is 0 Å². The molecule has 1 aromatic heterocycles. The number of rotatable bonds is 2. The van der Waals surface area contributed by atoms with E-state index in [1.165, 1.54) is 35.0 Å². The van der Waals surface area contributed by atoms with Crippen LogP contribution in [0.25, 0.3) is 10.9 Å². The lowest BCUT2D eigenvalue weighted by Crippen LogP contribution is -2.34. The standard InChI is InChI=1S/C17H20N2O2.ClH/c1-2-21-17(20)11-6-7-15-14(8-11)13-5-3-4-12-9-18-10-19(15)16(12)13;/h6-8,12,18H,2-5,9-10H2,1H3;1H. The van der Waals surface area contributed by atoms with Gasteiger partial charge in [0.05, 0.1) is 18.8 Å². The molecule has 4 nitrogen and oxygen atoms in total. The monoisotopic (exact) mass is 320 g/mol. The van der Waals surface area contributed by atoms with E-state index in [2.05, 4.69) is 16.0 Å². The Hall–Kier alpha value is -1.52. The van der Waals surface area contributed by atoms with Crippen LogP contribution in [0, 0.1) is 0 Å². The first-order chi connectivity index (χ1) is 10.3. The molecule has 1 aliphatic carbocycles. The van der Waals surface area contributed by atoms with Crippen molar-refractivity contribution in [3.05, 3.63) is 35.0 Å². The van der Waals surface area contributed by atoms with Crippen LogP contribution >= 0.6 is 12.4 Å². The number of nitrogens with one attached hydrogen (secondary N) is 1. The number of hydrogen-bond donors (Lipinski definition) is 1. The van der Waals surface area contributed by atoms with E-state index in [-0.39, 0.29) is 18.4 Å². The fourth-order valence-corrected chi connectivity index (χ4v) is 3.90. The number of carbonyl (C=O) groups is 1. The summed E-state index contributed by atoms with van der Waals surface area (Å²) in [5, 5.41) is 4.75. The highest BCUT2D eigenvalue weighted by Gasteiger charge is 2.30. The van der Waals surface area contributed by atoms with Crippen molar-refractivity contribution in [3.63, 3.8) is 0 Å². The molecule has 2 aliphatic rings. The van der Waals surface area contributed by atoms with Gasteiger partial charge in [-0.15, -0.1) is 12.4 Å². The van der Waals surface area contributed by atoms with Crippen LogP contribution in [0.15, 0.2) is 18.2 Å². The van der Waals surface area contributed by atoms with Crippen molar-refractivity contribution >= 4 is 29.3 Å². The SMILES string of the molecule is CCOC(=O)c1ccc2c(c1)c1c3n2CNCC3CCC1.Cl. The largest absolute Gasteiger partial charge is 0.462 e. The van der Waals surface area contributed by atoms with E-state index in [4.69, 9.17) is 4.74 Å². The first-order valence-electron chi connectivity index (χ1n) is 7.82. The molecule has 2 aromatic rings. The summed E-state index contributed by atoms with van der Waals surface area (Å²) >= 11 is 0. The highest BCUT2D eigenvalue weighted by Crippen LogP contribution is 2.39. The highest BCUT2D eigenvalue weighted by molar-refractivity contribution is 5.96. The molecule has 1 unspecified atom stereocenters. The topological polar surface area (TPSA) is 43.3 Å². The van der Waals surface area contributed by atoms with Crippen LogP contribution in [0.2, 0.25) is 0 Å². The second kappa shape index (κ2) is 5.94. The second-order valence-corrected chi connectivity index (χ2v) is 5.95. The maximum atomic E-state index is 12.0. The molecule has 0 saturated carbocycles. The van der Waals surface area contributed by atoms with Crippen molar-refractivity contribution in [1.82, 2.24) is 9.88 Å². The molecule has 1 atom stereocenters. The van der Waals surface area contributed by atoms with Gasteiger partial charge in [0.1, 0.15) is 0 Å². The molecule has 2 heterocycles. The zero-order valence-electron chi connectivity index (χ0n) is 12.7. The molecule has 0 amide bonds. The lowest BCUT2D eigenvalue weighted by Gasteiger charge is -2.30. The van der Waals surface area contributed by atoms with Crippen LogP contribution in [-0.2, 0) is 17.8 Å². The molecule has 5 heteroatoms. The van der Waals surface area contributed by atoms with E-state index >= 15 is 0 Å². The number of carbonyl (C=O) groups excluding carboxylic acids is 1. The van der Waals surface area contributed by atoms with Gasteiger partial charge in [-0.05, 0) is 49.9 Å². The minimum atomic E-state index is -0.221. The van der Waals surface area contributed by atoms with E-state index in [0.29, 0.717) is 18.1 Å². The number of nitrogens with zero attached hydrogens (tertiary/aromatic N) is 1. The Morgan fingerprint density at radius 1 is 1.45 bits per heavy atom. The number of aryl methyl sites for hydroxylation is 1. The Morgan fingerprint density at radius 2 is 2.32 bits per heavy atom. The first-order valence-corrected chi connectivity index (χ1v) is 7.82. The number of ether oxygens (including phenoxy) is 1. The Labute approximate surface area is 136 Å². The molecule has 0 bridgehead atoms. The van der Waals surface area contributed by atoms with E-state index in [0.717, 1.165) is 19.6 Å². The average Bonchev–Trinajstić information content (AvgIpc) is 2.84. The van der Waals surface area contributed by atoms with E-state index < -0.39 is 0 Å². The summed E-state index contributed by atoms with van der Waals surface area (Å²) in [6.45, 7) is 4.21. The number of esters is 1. The third kappa shape index (κ3) is 2.22. The summed E-state index contributed by atoms with van der Waals surface area (Å²) in [6, 6.07) is 5.99. The number of halogens is 1. The lowest BCUT2D eigenvalue weighted by molar-refractivity contribution is 0.0526. The molecule has 0 saturated heterocycles. The number of benzene rings is 1. The normalized spacial score (nSPS) is 19.4. The van der Waals surface area contributed by atoms with Crippen LogP contribution < -0.4 is 5.32 Å². The fraction of sp³-hybridized carbons (Fsp3) is 0.471. The summed E-state index contributed by atoms with van der Waals surface area (Å²) in [5.41, 5.74) is 4.86. The van der Waals surface area contributed by atoms with Crippen molar-refractivity contribution < 1.29 is 9.53 Å². The van der Waals surface area contributed by atoms with Gasteiger partial charge in [-0.1, -0.05) is 0 Å². The van der Waals surface area contributed by atoms with E-state index in [1.54, 1.807) is 0 Å². The van der Waals surface area contributed by atoms with Gasteiger partial charge < -0.3 is 9.30 Å². The van der Waals surface area contributed by atoms with Crippen LogP contribution in [0.4, 0.5) is 0 Å². The summed E-state index contributed by atoms with van der Waals surface area (Å²) in [7, 11) is 0. The van der Waals surface area contributed by atoms with Crippen LogP contribution in [0.3, 0.4) is 0 Å². The Balaban J connectivity index is 0.00000144. The van der Waals surface area contributed by atoms with Crippen molar-refractivity contribution in [3.8, 4) is 0 Å². The fourth-order valence-electron chi connectivity index (χ4n) is 3.90. The molecule has 0 spiro atoms. The smallest absolute Gasteiger partial charge is 0.338 e. The Bertz CT molecular complexity index is 721. The number of aromatic nitrogens is 1. The molecule has 1 aliphatic heterocycles. The third-order valence-electron chi connectivity index (χ3n) is 4.75. The average molecular weight is 321 g/mol. The second-order valence-electron chi connectivity index (χ2n) is 5.95. The molecular weight excluding hydrogens is 300 g/mol. The van der Waals surface area contributed by atoms with Crippen LogP contribution in [0.5, 0.6) is 0 Å². The zero-order chi connectivity index (χ0) is 14.4. The van der Waals surface area contributed by atoms with Gasteiger partial charge in [0, 0.05) is 29.1 Å². The number of fused-ring (bicyclic) bond motifs is 3. The summed E-state index contributed by atoms with van der Waals surface area (Å²) in [5.74, 6) is 0.405. The molecule has 0 fully saturated rings. The van der Waals surface area contributed by atoms with Crippen LogP contribution in [-0.4, -0.2) is 23.7 Å². The summed E-state index contributed by atoms with van der Waals surface area (Å²) < 4.78 is 7.53. The van der Waals surface area contributed by atoms with Crippen molar-refractivity contribution in [2.75, 3.05) is 13.2 Å². The lowest BCUT2D eigenvalue weighted by atomic mass is 9.86. The van der Waals surface area contributed by atoms with Gasteiger partial charge in [0.25, 0.3) is 0 Å². The first kappa shape index (κ1) is 15.4. The molecule has 1 aromatic carbocycles. The Kier molecular flexibility index (Phi) is 4.15. The van der Waals surface area contributed by atoms with Gasteiger partial charge in [0.15, 0.2) is 0 Å². The molecule has 0 radical (unpaired) electrons. The molecular formula is C17H21ClN2O2. The molecule has 1 N–H and O–H groups in total. The van der Waals surface area contributed by atoms with Gasteiger partial charge >= 0.3 is 5.97 Å². The number of hydrogen-bond acceptors (Lipinski definition) is 3. The minimum absolute atomic E-state index is 0. The van der Waals surface area contributed by atoms with Gasteiger partial charge in [-0.25, -0.2) is 4.79 Å². The van der Waals surface area contributed by atoms with Crippen molar-refractivity contribution in [2.24, 2.45) is 0 Å². The van der Waals surface area contributed by atoms with Crippen LogP contribution in [0.1, 0.15) is 47.3 Å². The van der Waals surface area contributed by atoms with Gasteiger partial charge in [-0.3, -0.25) is 5.32 Å². The molecule has 118 valence electrons. The molecule has 4 rings (SSSR count). The van der Waals surface area contributed by atoms with E-state index in [9.17, 15) is 4.79 Å². The maximum Gasteiger partial charge on any atom is 0.338 e. The predicted molar refractivity (Wildman–Crippen MR) is 88.8 cm³/mol. The Morgan fingerprint density at radius 3 is 3.14 bits per heavy atom. The summed E-state index contributed by atoms with van der Waals surface area (Å²) in [6.07, 6.45) is 3.63. The van der Waals surface area contributed by atoms with Gasteiger partial charge in [0.2, 0.25) is 0 Å². The molecule has 22 heavy (non-hydrogen) atoms. The zero-order valence-corrected chi connectivity index (χ0v) is 13.5. The maximum absolute atomic E-state index is 12.0. The summed E-state index contributed by atoms with van der Waals surface area (Å²) in [4.78, 5) is 12.0. The highest BCUT2D eigenvalue weighted by atomic mass is 35.5. The quantitative estimate of drug-likeness (QED) is 0.864. The predicted octanol–water partition coefficient (Wildman–Crippen LogP) is 3.22. The minimum Gasteiger partial charge on any atom is -0.462 e.